The maximum atomic E-state index is 5.59. The minimum atomic E-state index is 0.255. The van der Waals surface area contributed by atoms with Gasteiger partial charge in [0.25, 0.3) is 0 Å². The number of hydrogen-bond acceptors (Lipinski definition) is 5. The Balaban J connectivity index is 2.95. The molecule has 0 spiro atoms. The largest absolute Gasteiger partial charge is 0.380 e. The van der Waals surface area contributed by atoms with Crippen LogP contribution in [0.3, 0.4) is 0 Å². The van der Waals surface area contributed by atoms with Crippen LogP contribution in [-0.2, 0) is 11.2 Å². The highest BCUT2D eigenvalue weighted by atomic mass is 16.5. The zero-order valence-corrected chi connectivity index (χ0v) is 14.1. The fourth-order valence-corrected chi connectivity index (χ4v) is 2.16. The summed E-state index contributed by atoms with van der Waals surface area (Å²) in [5.74, 6) is 2.35. The van der Waals surface area contributed by atoms with Crippen molar-refractivity contribution in [3.8, 4) is 0 Å². The Morgan fingerprint density at radius 1 is 1.14 bits per heavy atom. The first kappa shape index (κ1) is 17.7. The van der Waals surface area contributed by atoms with Crippen LogP contribution in [-0.4, -0.2) is 35.8 Å². The van der Waals surface area contributed by atoms with Crippen LogP contribution in [0.5, 0.6) is 0 Å². The molecule has 0 aliphatic carbocycles. The number of nitrogens with zero attached hydrogens (tertiary/aromatic N) is 2. The van der Waals surface area contributed by atoms with Crippen molar-refractivity contribution in [2.45, 2.75) is 53.5 Å². The molecule has 1 aromatic rings. The van der Waals surface area contributed by atoms with E-state index in [4.69, 9.17) is 4.74 Å². The average molecular weight is 294 g/mol. The molecule has 0 fully saturated rings. The van der Waals surface area contributed by atoms with Gasteiger partial charge in [-0.3, -0.25) is 0 Å². The number of rotatable bonds is 10. The van der Waals surface area contributed by atoms with Crippen LogP contribution in [0, 0.1) is 5.92 Å². The second kappa shape index (κ2) is 9.55. The van der Waals surface area contributed by atoms with Gasteiger partial charge in [0, 0.05) is 18.7 Å². The molecular weight excluding hydrogens is 264 g/mol. The fraction of sp³-hybridized carbons (Fsp3) is 0.750. The summed E-state index contributed by atoms with van der Waals surface area (Å²) in [7, 11) is 0. The molecular formula is C16H30N4O. The van der Waals surface area contributed by atoms with Gasteiger partial charge in [0.15, 0.2) is 0 Å². The van der Waals surface area contributed by atoms with Crippen LogP contribution in [0.15, 0.2) is 6.33 Å². The van der Waals surface area contributed by atoms with Gasteiger partial charge in [-0.05, 0) is 26.2 Å². The third-order valence-corrected chi connectivity index (χ3v) is 3.42. The van der Waals surface area contributed by atoms with Crippen molar-refractivity contribution < 1.29 is 4.74 Å². The molecule has 0 saturated carbocycles. The van der Waals surface area contributed by atoms with Crippen molar-refractivity contribution in [3.05, 3.63) is 11.9 Å². The first-order chi connectivity index (χ1) is 10.1. The van der Waals surface area contributed by atoms with Crippen LogP contribution in [0.4, 0.5) is 11.6 Å². The van der Waals surface area contributed by atoms with Crippen molar-refractivity contribution in [1.82, 2.24) is 9.97 Å². The highest BCUT2D eigenvalue weighted by Crippen LogP contribution is 2.23. The van der Waals surface area contributed by atoms with Gasteiger partial charge >= 0.3 is 0 Å². The molecule has 0 amide bonds. The second-order valence-electron chi connectivity index (χ2n) is 5.48. The number of hydrogen-bond donors (Lipinski definition) is 2. The molecule has 21 heavy (non-hydrogen) atoms. The molecule has 1 aromatic heterocycles. The number of ether oxygens (including phenoxy) is 1. The topological polar surface area (TPSA) is 59.1 Å². The third-order valence-electron chi connectivity index (χ3n) is 3.42. The van der Waals surface area contributed by atoms with E-state index in [1.165, 1.54) is 5.56 Å². The molecule has 120 valence electrons. The molecule has 1 atom stereocenters. The summed E-state index contributed by atoms with van der Waals surface area (Å²) in [5, 5.41) is 6.87. The van der Waals surface area contributed by atoms with E-state index in [1.54, 1.807) is 6.33 Å². The maximum absolute atomic E-state index is 5.59. The van der Waals surface area contributed by atoms with E-state index in [2.05, 4.69) is 48.3 Å². The van der Waals surface area contributed by atoms with Gasteiger partial charge < -0.3 is 15.4 Å². The zero-order chi connectivity index (χ0) is 15.7. The smallest absolute Gasteiger partial charge is 0.135 e. The van der Waals surface area contributed by atoms with E-state index in [9.17, 15) is 0 Å². The Hall–Kier alpha value is -1.36. The van der Waals surface area contributed by atoms with Crippen molar-refractivity contribution in [3.63, 3.8) is 0 Å². The number of aromatic nitrogens is 2. The molecule has 0 aliphatic rings. The van der Waals surface area contributed by atoms with E-state index in [0.29, 0.717) is 12.5 Å². The Kier molecular flexibility index (Phi) is 8.05. The molecule has 5 nitrogen and oxygen atoms in total. The van der Waals surface area contributed by atoms with Gasteiger partial charge in [-0.1, -0.05) is 27.2 Å². The summed E-state index contributed by atoms with van der Waals surface area (Å²) in [4.78, 5) is 8.82. The quantitative estimate of drug-likeness (QED) is 0.693. The van der Waals surface area contributed by atoms with Gasteiger partial charge in [0.1, 0.15) is 18.0 Å². The summed E-state index contributed by atoms with van der Waals surface area (Å²) in [6, 6.07) is 0.255. The van der Waals surface area contributed by atoms with Crippen LogP contribution < -0.4 is 10.6 Å². The minimum absolute atomic E-state index is 0.255. The average Bonchev–Trinajstić information content (AvgIpc) is 2.46. The standard InChI is InChI=1S/C16H30N4O/c1-6-9-13-15(17-7-2)18-11-19-16(13)20-14(12(4)5)10-21-8-3/h11-12,14H,6-10H2,1-5H3,(H2,17,18,19,20). The minimum Gasteiger partial charge on any atom is -0.380 e. The van der Waals surface area contributed by atoms with Gasteiger partial charge in [0.2, 0.25) is 0 Å². The summed E-state index contributed by atoms with van der Waals surface area (Å²) >= 11 is 0. The van der Waals surface area contributed by atoms with Crippen LogP contribution in [0.25, 0.3) is 0 Å². The Morgan fingerprint density at radius 2 is 1.86 bits per heavy atom. The maximum Gasteiger partial charge on any atom is 0.135 e. The van der Waals surface area contributed by atoms with E-state index < -0.39 is 0 Å². The number of anilines is 2. The zero-order valence-electron chi connectivity index (χ0n) is 14.1. The summed E-state index contributed by atoms with van der Waals surface area (Å²) < 4.78 is 5.59. The van der Waals surface area contributed by atoms with Crippen molar-refractivity contribution in [1.29, 1.82) is 0 Å². The summed E-state index contributed by atoms with van der Waals surface area (Å²) in [6.45, 7) is 13.0. The molecule has 0 aromatic carbocycles. The molecule has 5 heteroatoms. The Morgan fingerprint density at radius 3 is 2.43 bits per heavy atom. The van der Waals surface area contributed by atoms with E-state index in [0.717, 1.165) is 37.6 Å². The monoisotopic (exact) mass is 294 g/mol. The predicted molar refractivity (Wildman–Crippen MR) is 88.9 cm³/mol. The van der Waals surface area contributed by atoms with E-state index in [1.807, 2.05) is 6.92 Å². The van der Waals surface area contributed by atoms with Crippen LogP contribution in [0.2, 0.25) is 0 Å². The van der Waals surface area contributed by atoms with Crippen molar-refractivity contribution in [2.75, 3.05) is 30.4 Å². The molecule has 0 aliphatic heterocycles. The van der Waals surface area contributed by atoms with Crippen molar-refractivity contribution in [2.24, 2.45) is 5.92 Å². The molecule has 0 radical (unpaired) electrons. The van der Waals surface area contributed by atoms with Crippen LogP contribution in [0.1, 0.15) is 46.6 Å². The predicted octanol–water partition coefficient (Wildman–Crippen LogP) is 3.33. The Labute approximate surface area is 128 Å². The second-order valence-corrected chi connectivity index (χ2v) is 5.48. The van der Waals surface area contributed by atoms with Gasteiger partial charge in [-0.2, -0.15) is 0 Å². The first-order valence-electron chi connectivity index (χ1n) is 8.05. The lowest BCUT2D eigenvalue weighted by atomic mass is 10.0. The highest BCUT2D eigenvalue weighted by Gasteiger charge is 2.17. The van der Waals surface area contributed by atoms with E-state index >= 15 is 0 Å². The molecule has 1 heterocycles. The lowest BCUT2D eigenvalue weighted by Crippen LogP contribution is -2.32. The SMILES string of the molecule is CCCc1c(NCC)ncnc1NC(COCC)C(C)C. The lowest BCUT2D eigenvalue weighted by molar-refractivity contribution is 0.126. The number of nitrogens with one attached hydrogen (secondary N) is 2. The van der Waals surface area contributed by atoms with Gasteiger partial charge in [-0.25, -0.2) is 9.97 Å². The van der Waals surface area contributed by atoms with Crippen molar-refractivity contribution >= 4 is 11.6 Å². The lowest BCUT2D eigenvalue weighted by Gasteiger charge is -2.24. The molecule has 1 unspecified atom stereocenters. The molecule has 1 rings (SSSR count). The van der Waals surface area contributed by atoms with Gasteiger partial charge in [-0.15, -0.1) is 0 Å². The van der Waals surface area contributed by atoms with Crippen LogP contribution >= 0.6 is 0 Å². The molecule has 2 N–H and O–H groups in total. The van der Waals surface area contributed by atoms with E-state index in [-0.39, 0.29) is 6.04 Å². The summed E-state index contributed by atoms with van der Waals surface area (Å²) in [5.41, 5.74) is 1.17. The first-order valence-corrected chi connectivity index (χ1v) is 8.05. The molecule has 0 saturated heterocycles. The fourth-order valence-electron chi connectivity index (χ4n) is 2.16. The highest BCUT2D eigenvalue weighted by molar-refractivity contribution is 5.57. The summed E-state index contributed by atoms with van der Waals surface area (Å²) in [6.07, 6.45) is 3.65. The third kappa shape index (κ3) is 5.50. The molecule has 0 bridgehead atoms. The Bertz CT molecular complexity index is 409. The normalized spacial score (nSPS) is 12.5. The van der Waals surface area contributed by atoms with Gasteiger partial charge in [0.05, 0.1) is 12.6 Å².